The molecule has 2 spiro atoms. The summed E-state index contributed by atoms with van der Waals surface area (Å²) in [5.74, 6) is 1.25. The first kappa shape index (κ1) is 19.1. The molecule has 30 heavy (non-hydrogen) atoms. The zero-order valence-corrected chi connectivity index (χ0v) is 17.3. The summed E-state index contributed by atoms with van der Waals surface area (Å²) in [7, 11) is 0. The van der Waals surface area contributed by atoms with Gasteiger partial charge in [-0.1, -0.05) is 0 Å². The lowest BCUT2D eigenvalue weighted by molar-refractivity contribution is -0.141. The van der Waals surface area contributed by atoms with E-state index >= 15 is 0 Å². The van der Waals surface area contributed by atoms with Crippen LogP contribution in [-0.2, 0) is 4.79 Å². The number of piperidine rings is 1. The summed E-state index contributed by atoms with van der Waals surface area (Å²) in [6.45, 7) is 6.24. The van der Waals surface area contributed by atoms with E-state index in [9.17, 15) is 9.59 Å². The second-order valence-corrected chi connectivity index (χ2v) is 8.67. The third kappa shape index (κ3) is 2.73. The summed E-state index contributed by atoms with van der Waals surface area (Å²) in [5.41, 5.74) is -0.602. The Labute approximate surface area is 175 Å². The topological polar surface area (TPSA) is 82.8 Å². The molecule has 0 N–H and O–H groups in total. The number of anilines is 1. The molecule has 3 saturated heterocycles. The second-order valence-electron chi connectivity index (χ2n) is 8.67. The van der Waals surface area contributed by atoms with Gasteiger partial charge in [-0.15, -0.1) is 0 Å². The quantitative estimate of drug-likeness (QED) is 0.772. The van der Waals surface area contributed by atoms with Gasteiger partial charge in [0.05, 0.1) is 11.7 Å². The number of furan rings is 1. The van der Waals surface area contributed by atoms with Crippen molar-refractivity contribution >= 4 is 17.8 Å². The molecule has 0 radical (unpaired) electrons. The molecule has 2 aromatic heterocycles. The number of carbonyl (C=O) groups excluding carboxylic acids is 2. The standard InChI is InChI=1S/C22H27N5O3/c1-2-25-13-8-22(19(25)29)16-27(20-23-9-4-10-24-20)15-21(22)6-11-26(12-7-21)18(28)17-5-3-14-30-17/h3-5,9-10,14H,2,6-8,11-13,15-16H2,1H3/t22-/m1/s1. The fourth-order valence-corrected chi connectivity index (χ4v) is 5.77. The van der Waals surface area contributed by atoms with E-state index in [-0.39, 0.29) is 17.2 Å². The molecule has 158 valence electrons. The molecule has 8 nitrogen and oxygen atoms in total. The van der Waals surface area contributed by atoms with Crippen LogP contribution in [0, 0.1) is 10.8 Å². The SMILES string of the molecule is CCN1CC[C@@]2(CN(c3ncccn3)CC23CCN(C(=O)c2ccco2)CC3)C1=O. The van der Waals surface area contributed by atoms with Crippen molar-refractivity contribution < 1.29 is 14.0 Å². The Kier molecular flexibility index (Phi) is 4.52. The Morgan fingerprint density at radius 2 is 1.87 bits per heavy atom. The maximum Gasteiger partial charge on any atom is 0.289 e. The number of aromatic nitrogens is 2. The van der Waals surface area contributed by atoms with Crippen molar-refractivity contribution in [3.05, 3.63) is 42.6 Å². The molecule has 0 aromatic carbocycles. The minimum atomic E-state index is -0.429. The highest BCUT2D eigenvalue weighted by molar-refractivity contribution is 5.91. The molecule has 5 rings (SSSR count). The number of likely N-dealkylation sites (tertiary alicyclic amines) is 2. The number of rotatable bonds is 3. The van der Waals surface area contributed by atoms with E-state index in [0.29, 0.717) is 31.3 Å². The van der Waals surface area contributed by atoms with E-state index in [0.717, 1.165) is 38.9 Å². The molecule has 0 saturated carbocycles. The molecule has 0 aliphatic carbocycles. The molecule has 1 atom stereocenters. The monoisotopic (exact) mass is 409 g/mol. The molecule has 2 aromatic rings. The van der Waals surface area contributed by atoms with E-state index in [2.05, 4.69) is 14.9 Å². The average Bonchev–Trinajstić information content (AvgIpc) is 3.50. The van der Waals surface area contributed by atoms with Crippen LogP contribution in [0.15, 0.2) is 41.3 Å². The molecule has 0 unspecified atom stereocenters. The highest BCUT2D eigenvalue weighted by Gasteiger charge is 2.65. The molecule has 0 bridgehead atoms. The van der Waals surface area contributed by atoms with Gasteiger partial charge in [-0.05, 0) is 44.4 Å². The van der Waals surface area contributed by atoms with E-state index in [1.807, 2.05) is 22.8 Å². The van der Waals surface area contributed by atoms with Gasteiger partial charge < -0.3 is 19.1 Å². The minimum Gasteiger partial charge on any atom is -0.459 e. The van der Waals surface area contributed by atoms with Crippen LogP contribution < -0.4 is 4.90 Å². The normalized spacial score (nSPS) is 25.6. The van der Waals surface area contributed by atoms with Gasteiger partial charge in [-0.3, -0.25) is 9.59 Å². The van der Waals surface area contributed by atoms with Crippen LogP contribution in [0.3, 0.4) is 0 Å². The van der Waals surface area contributed by atoms with Gasteiger partial charge >= 0.3 is 0 Å². The third-order valence-corrected chi connectivity index (χ3v) is 7.43. The number of carbonyl (C=O) groups is 2. The lowest BCUT2D eigenvalue weighted by atomic mass is 9.60. The van der Waals surface area contributed by atoms with Crippen LogP contribution in [0.25, 0.3) is 0 Å². The third-order valence-electron chi connectivity index (χ3n) is 7.43. The van der Waals surface area contributed by atoms with Gasteiger partial charge in [0.2, 0.25) is 11.9 Å². The van der Waals surface area contributed by atoms with E-state index < -0.39 is 5.41 Å². The average molecular weight is 409 g/mol. The van der Waals surface area contributed by atoms with Crippen LogP contribution in [0.4, 0.5) is 5.95 Å². The van der Waals surface area contributed by atoms with E-state index in [1.54, 1.807) is 24.5 Å². The number of fused-ring (bicyclic) bond motifs is 1. The van der Waals surface area contributed by atoms with Crippen molar-refractivity contribution in [3.63, 3.8) is 0 Å². The molecule has 3 aliphatic rings. The highest BCUT2D eigenvalue weighted by atomic mass is 16.3. The van der Waals surface area contributed by atoms with Crippen molar-refractivity contribution in [2.45, 2.75) is 26.2 Å². The summed E-state index contributed by atoms with van der Waals surface area (Å²) in [6, 6.07) is 5.25. The first-order valence-corrected chi connectivity index (χ1v) is 10.7. The number of hydrogen-bond donors (Lipinski definition) is 0. The van der Waals surface area contributed by atoms with Crippen LogP contribution >= 0.6 is 0 Å². The number of amides is 2. The Morgan fingerprint density at radius 1 is 1.10 bits per heavy atom. The van der Waals surface area contributed by atoms with Crippen molar-refractivity contribution in [1.29, 1.82) is 0 Å². The Hall–Kier alpha value is -2.90. The van der Waals surface area contributed by atoms with Gasteiger partial charge in [0.15, 0.2) is 5.76 Å². The van der Waals surface area contributed by atoms with Crippen LogP contribution in [0.5, 0.6) is 0 Å². The summed E-state index contributed by atoms with van der Waals surface area (Å²) in [6.07, 6.45) is 7.48. The molecule has 2 amide bonds. The summed E-state index contributed by atoms with van der Waals surface area (Å²) < 4.78 is 5.30. The predicted molar refractivity (Wildman–Crippen MR) is 110 cm³/mol. The molecule has 3 fully saturated rings. The maximum absolute atomic E-state index is 13.6. The summed E-state index contributed by atoms with van der Waals surface area (Å²) >= 11 is 0. The van der Waals surface area contributed by atoms with Crippen LogP contribution in [0.1, 0.15) is 36.7 Å². The van der Waals surface area contributed by atoms with Gasteiger partial charge in [0.1, 0.15) is 0 Å². The minimum absolute atomic E-state index is 0.0712. The Bertz CT molecular complexity index is 924. The van der Waals surface area contributed by atoms with Crippen molar-refractivity contribution in [1.82, 2.24) is 19.8 Å². The predicted octanol–water partition coefficient (Wildman–Crippen LogP) is 2.05. The van der Waals surface area contributed by atoms with Crippen molar-refractivity contribution in [3.8, 4) is 0 Å². The zero-order valence-electron chi connectivity index (χ0n) is 17.3. The van der Waals surface area contributed by atoms with Crippen molar-refractivity contribution in [2.75, 3.05) is 44.2 Å². The van der Waals surface area contributed by atoms with Gasteiger partial charge in [0, 0.05) is 57.1 Å². The Balaban J connectivity index is 1.43. The maximum atomic E-state index is 13.6. The first-order chi connectivity index (χ1) is 14.6. The zero-order chi connectivity index (χ0) is 20.8. The first-order valence-electron chi connectivity index (χ1n) is 10.7. The summed E-state index contributed by atoms with van der Waals surface area (Å²) in [4.78, 5) is 41.2. The molecule has 5 heterocycles. The molecule has 8 heteroatoms. The smallest absolute Gasteiger partial charge is 0.289 e. The Morgan fingerprint density at radius 3 is 2.50 bits per heavy atom. The highest BCUT2D eigenvalue weighted by Crippen LogP contribution is 2.58. The van der Waals surface area contributed by atoms with Gasteiger partial charge in [0.25, 0.3) is 5.91 Å². The van der Waals surface area contributed by atoms with E-state index in [4.69, 9.17) is 4.42 Å². The van der Waals surface area contributed by atoms with E-state index in [1.165, 1.54) is 6.26 Å². The largest absolute Gasteiger partial charge is 0.459 e. The fraction of sp³-hybridized carbons (Fsp3) is 0.545. The number of hydrogen-bond acceptors (Lipinski definition) is 6. The van der Waals surface area contributed by atoms with Crippen LogP contribution in [-0.4, -0.2) is 70.9 Å². The fourth-order valence-electron chi connectivity index (χ4n) is 5.77. The number of nitrogens with zero attached hydrogens (tertiary/aromatic N) is 5. The molecular formula is C22H27N5O3. The van der Waals surface area contributed by atoms with Crippen LogP contribution in [0.2, 0.25) is 0 Å². The van der Waals surface area contributed by atoms with Gasteiger partial charge in [-0.2, -0.15) is 0 Å². The van der Waals surface area contributed by atoms with Crippen molar-refractivity contribution in [2.24, 2.45) is 10.8 Å². The van der Waals surface area contributed by atoms with Gasteiger partial charge in [-0.25, -0.2) is 9.97 Å². The lowest BCUT2D eigenvalue weighted by Crippen LogP contribution is -2.53. The molecule has 3 aliphatic heterocycles. The summed E-state index contributed by atoms with van der Waals surface area (Å²) in [5, 5.41) is 0. The second kappa shape index (κ2) is 7.11. The lowest BCUT2D eigenvalue weighted by Gasteiger charge is -2.46. The molecular weight excluding hydrogens is 382 g/mol.